The Labute approximate surface area is 293 Å². The van der Waals surface area contributed by atoms with Gasteiger partial charge in [0.05, 0.1) is 27.4 Å². The number of hydrogen-bond acceptors (Lipinski definition) is 12. The number of aliphatic hydroxyl groups excluding tert-OH is 3. The third-order valence-electron chi connectivity index (χ3n) is 10.5. The van der Waals surface area contributed by atoms with Crippen LogP contribution in [0.1, 0.15) is 71.8 Å². The molecule has 7 atom stereocenters. The monoisotopic (exact) mass is 710 g/mol. The average Bonchev–Trinajstić information content (AvgIpc) is 3.10. The molecular weight excluding hydrogens is 669 g/mol. The molecule has 10 nitrogen and oxygen atoms in total. The van der Waals surface area contributed by atoms with E-state index in [1.807, 2.05) is 6.07 Å². The number of aromatic hydroxyl groups is 3. The van der Waals surface area contributed by atoms with Gasteiger partial charge in [-0.15, -0.1) is 0 Å². The molecule has 2 heterocycles. The number of rotatable bonds is 7. The van der Waals surface area contributed by atoms with E-state index < -0.39 is 24.0 Å². The molecule has 3 aromatic rings. The van der Waals surface area contributed by atoms with E-state index in [1.165, 1.54) is 20.3 Å². The first kappa shape index (κ1) is 34.0. The van der Waals surface area contributed by atoms with Crippen LogP contribution in [-0.4, -0.2) is 81.8 Å². The maximum absolute atomic E-state index is 12.3. The summed E-state index contributed by atoms with van der Waals surface area (Å²) in [4.78, 5) is 0. The Morgan fingerprint density at radius 2 is 1.76 bits per heavy atom. The third kappa shape index (κ3) is 5.95. The molecule has 6 N–H and O–H groups in total. The van der Waals surface area contributed by atoms with Gasteiger partial charge in [-0.25, -0.2) is 0 Å². The average molecular weight is 711 g/mol. The molecule has 262 valence electrons. The molecule has 0 spiro atoms. The van der Waals surface area contributed by atoms with Gasteiger partial charge in [0.2, 0.25) is 11.5 Å². The van der Waals surface area contributed by atoms with Crippen molar-refractivity contribution in [1.82, 2.24) is 0 Å². The van der Waals surface area contributed by atoms with E-state index in [0.717, 1.165) is 53.5 Å². The number of hydrogen-bond donors (Lipinski definition) is 6. The minimum atomic E-state index is -1.17. The smallest absolute Gasteiger partial charge is 0.207 e. The van der Waals surface area contributed by atoms with Crippen molar-refractivity contribution in [2.24, 2.45) is 5.92 Å². The van der Waals surface area contributed by atoms with E-state index in [9.17, 15) is 30.6 Å². The Morgan fingerprint density at radius 3 is 2.51 bits per heavy atom. The van der Waals surface area contributed by atoms with Crippen LogP contribution < -0.4 is 18.9 Å². The van der Waals surface area contributed by atoms with Crippen molar-refractivity contribution in [3.05, 3.63) is 64.7 Å². The molecule has 4 bridgehead atoms. The molecule has 0 radical (unpaired) electrons. The molecule has 2 aliphatic heterocycles. The van der Waals surface area contributed by atoms with Crippen molar-refractivity contribution in [1.29, 1.82) is 0 Å². The van der Waals surface area contributed by atoms with E-state index in [4.69, 9.17) is 18.9 Å². The largest absolute Gasteiger partial charge is 0.508 e. The summed E-state index contributed by atoms with van der Waals surface area (Å²) in [6.45, 7) is -0.398. The molecular formula is C37H42O10S2. The van der Waals surface area contributed by atoms with Crippen molar-refractivity contribution in [2.75, 3.05) is 39.8 Å². The summed E-state index contributed by atoms with van der Waals surface area (Å²) in [5, 5.41) is 66.4. The van der Waals surface area contributed by atoms with Crippen molar-refractivity contribution in [2.45, 2.75) is 60.9 Å². The zero-order valence-corrected chi connectivity index (χ0v) is 29.0. The highest BCUT2D eigenvalue weighted by atomic mass is 33.1. The summed E-state index contributed by atoms with van der Waals surface area (Å²) >= 11 is 0. The highest BCUT2D eigenvalue weighted by Gasteiger charge is 2.47. The number of phenols is 3. The lowest BCUT2D eigenvalue weighted by Gasteiger charge is -2.43. The van der Waals surface area contributed by atoms with Gasteiger partial charge in [-0.3, -0.25) is 0 Å². The molecule has 7 unspecified atom stereocenters. The predicted molar refractivity (Wildman–Crippen MR) is 189 cm³/mol. The molecule has 3 aromatic carbocycles. The highest BCUT2D eigenvalue weighted by Crippen LogP contribution is 2.61. The Hall–Kier alpha value is -3.42. The second-order valence-electron chi connectivity index (χ2n) is 13.1. The van der Waals surface area contributed by atoms with Crippen LogP contribution in [-0.2, 0) is 0 Å². The number of aliphatic hydroxyl groups is 3. The second kappa shape index (κ2) is 14.1. The number of phenolic OH excluding ortho intramolecular Hbond substituents is 3. The van der Waals surface area contributed by atoms with Gasteiger partial charge in [-0.1, -0.05) is 39.8 Å². The van der Waals surface area contributed by atoms with Crippen molar-refractivity contribution in [3.63, 3.8) is 0 Å². The molecule has 4 aliphatic rings. The van der Waals surface area contributed by atoms with Crippen LogP contribution in [0.5, 0.6) is 40.2 Å². The lowest BCUT2D eigenvalue weighted by molar-refractivity contribution is 0.00263. The van der Waals surface area contributed by atoms with E-state index in [-0.39, 0.29) is 60.0 Å². The normalized spacial score (nSPS) is 27.1. The second-order valence-corrected chi connectivity index (χ2v) is 15.8. The number of fused-ring (bicyclic) bond motifs is 6. The van der Waals surface area contributed by atoms with Crippen LogP contribution in [0.3, 0.4) is 0 Å². The zero-order valence-electron chi connectivity index (χ0n) is 27.4. The fourth-order valence-electron chi connectivity index (χ4n) is 8.22. The topological polar surface area (TPSA) is 158 Å². The van der Waals surface area contributed by atoms with Crippen LogP contribution >= 0.6 is 21.6 Å². The van der Waals surface area contributed by atoms with Gasteiger partial charge in [-0.05, 0) is 72.4 Å². The molecule has 0 amide bonds. The quantitative estimate of drug-likeness (QED) is 0.124. The highest BCUT2D eigenvalue weighted by molar-refractivity contribution is 8.77. The summed E-state index contributed by atoms with van der Waals surface area (Å²) in [7, 11) is 6.18. The molecule has 2 aliphatic carbocycles. The van der Waals surface area contributed by atoms with Gasteiger partial charge in [0.15, 0.2) is 17.6 Å². The van der Waals surface area contributed by atoms with Crippen LogP contribution in [0.2, 0.25) is 0 Å². The van der Waals surface area contributed by atoms with Crippen LogP contribution in [0.25, 0.3) is 11.1 Å². The standard InChI is InChI=1S/C37H42O10S2/c1-44-29-14-24(33(41)37(45-2)35(29)43)36-34(42)26-17-48-49-20-5-3-4-18(12-20)6-8-21-23-13-19(40)7-9-22(23)30-27(46-11-10-38)15-28(47-36)31(26)32(30)25(21)16-39/h3,5,7,9,13-15,18,20-21,25-26,34,36,38-43H,4,6,8,10-12,16-17H2,1-2H3. The Balaban J connectivity index is 1.48. The lowest BCUT2D eigenvalue weighted by atomic mass is 9.65. The number of methoxy groups -OCH3 is 2. The van der Waals surface area contributed by atoms with E-state index >= 15 is 0 Å². The fraction of sp³-hybridized carbons (Fsp3) is 0.459. The molecule has 0 fully saturated rings. The van der Waals surface area contributed by atoms with Gasteiger partial charge in [0.1, 0.15) is 30.0 Å². The first-order chi connectivity index (χ1) is 23.8. The first-order valence-corrected chi connectivity index (χ1v) is 19.0. The van der Waals surface area contributed by atoms with Crippen molar-refractivity contribution >= 4 is 21.6 Å². The number of ether oxygens (including phenoxy) is 4. The predicted octanol–water partition coefficient (Wildman–Crippen LogP) is 6.12. The van der Waals surface area contributed by atoms with Crippen LogP contribution in [0, 0.1) is 5.92 Å². The molecule has 7 rings (SSSR count). The SMILES string of the molecule is COc1cc(C2Oc3cc(OCCO)c4c5c3C(CSSC3C=CCC(CCC(c6cc(O)ccc6-4)C5CO)C3)C2O)c(O)c(OC)c1O. The van der Waals surface area contributed by atoms with E-state index in [0.29, 0.717) is 28.4 Å². The van der Waals surface area contributed by atoms with Crippen LogP contribution in [0.4, 0.5) is 0 Å². The van der Waals surface area contributed by atoms with Gasteiger partial charge in [0.25, 0.3) is 0 Å². The Bertz CT molecular complexity index is 1740. The lowest BCUT2D eigenvalue weighted by Crippen LogP contribution is -2.38. The maximum Gasteiger partial charge on any atom is 0.207 e. The van der Waals surface area contributed by atoms with E-state index in [2.05, 4.69) is 12.2 Å². The van der Waals surface area contributed by atoms with Crippen LogP contribution in [0.15, 0.2) is 42.5 Å². The van der Waals surface area contributed by atoms with Crippen molar-refractivity contribution in [3.8, 4) is 51.4 Å². The first-order valence-electron chi connectivity index (χ1n) is 16.6. The number of allylic oxidation sites excluding steroid dienone is 1. The van der Waals surface area contributed by atoms with Gasteiger partial charge in [0, 0.05) is 45.6 Å². The molecule has 49 heavy (non-hydrogen) atoms. The minimum absolute atomic E-state index is 0.0110. The summed E-state index contributed by atoms with van der Waals surface area (Å²) < 4.78 is 23.6. The summed E-state index contributed by atoms with van der Waals surface area (Å²) in [6, 6.07) is 8.53. The molecule has 0 saturated heterocycles. The van der Waals surface area contributed by atoms with Crippen molar-refractivity contribution < 1.29 is 49.6 Å². The van der Waals surface area contributed by atoms with Gasteiger partial charge >= 0.3 is 0 Å². The molecule has 12 heteroatoms. The zero-order chi connectivity index (χ0) is 34.4. The summed E-state index contributed by atoms with van der Waals surface area (Å²) in [6.07, 6.45) is 6.04. The molecule has 0 saturated carbocycles. The van der Waals surface area contributed by atoms with Gasteiger partial charge < -0.3 is 49.6 Å². The Kier molecular flexibility index (Phi) is 9.77. The van der Waals surface area contributed by atoms with E-state index in [1.54, 1.807) is 39.8 Å². The third-order valence-corrected chi connectivity index (χ3v) is 13.2. The minimum Gasteiger partial charge on any atom is -0.508 e. The Morgan fingerprint density at radius 1 is 0.918 bits per heavy atom. The van der Waals surface area contributed by atoms with Gasteiger partial charge in [-0.2, -0.15) is 0 Å². The fourth-order valence-corrected chi connectivity index (χ4v) is 11.1. The molecule has 0 aromatic heterocycles. The number of benzene rings is 3. The maximum atomic E-state index is 12.3. The summed E-state index contributed by atoms with van der Waals surface area (Å²) in [5.41, 5.74) is 4.33. The summed E-state index contributed by atoms with van der Waals surface area (Å²) in [5.74, 6) is 0.0263.